The second kappa shape index (κ2) is 9.51. The van der Waals surface area contributed by atoms with E-state index in [-0.39, 0.29) is 16.9 Å². The van der Waals surface area contributed by atoms with Crippen LogP contribution >= 0.6 is 0 Å². The third kappa shape index (κ3) is 5.29. The lowest BCUT2D eigenvalue weighted by atomic mass is 9.83. The van der Waals surface area contributed by atoms with Crippen LogP contribution in [0.2, 0.25) is 0 Å². The fraction of sp³-hybridized carbons (Fsp3) is 0.259. The van der Waals surface area contributed by atoms with Gasteiger partial charge in [-0.15, -0.1) is 0 Å². The summed E-state index contributed by atoms with van der Waals surface area (Å²) in [5.41, 5.74) is 2.98. The van der Waals surface area contributed by atoms with Gasteiger partial charge < -0.3 is 9.47 Å². The van der Waals surface area contributed by atoms with E-state index in [9.17, 15) is 17.6 Å². The Morgan fingerprint density at radius 1 is 0.973 bits per heavy atom. The number of aromatic amines is 1. The first-order valence-electron chi connectivity index (χ1n) is 11.4. The highest BCUT2D eigenvalue weighted by Gasteiger charge is 2.25. The van der Waals surface area contributed by atoms with Gasteiger partial charge in [0.25, 0.3) is 5.56 Å². The number of anilines is 1. The molecule has 37 heavy (non-hydrogen) atoms. The number of sulfonamides is 1. The van der Waals surface area contributed by atoms with E-state index in [0.717, 1.165) is 29.0 Å². The maximum absolute atomic E-state index is 14.6. The molecule has 4 aromatic rings. The van der Waals surface area contributed by atoms with Gasteiger partial charge in [0.1, 0.15) is 5.75 Å². The summed E-state index contributed by atoms with van der Waals surface area (Å²) in [6.45, 7) is 6.05. The van der Waals surface area contributed by atoms with Gasteiger partial charge in [0, 0.05) is 34.0 Å². The summed E-state index contributed by atoms with van der Waals surface area (Å²) in [4.78, 5) is 20.0. The third-order valence-corrected chi connectivity index (χ3v) is 6.51. The molecule has 8 nitrogen and oxygen atoms in total. The molecule has 2 aromatic heterocycles. The Bertz CT molecular complexity index is 1660. The molecule has 0 radical (unpaired) electrons. The zero-order valence-corrected chi connectivity index (χ0v) is 22.2. The van der Waals surface area contributed by atoms with Gasteiger partial charge in [-0.1, -0.05) is 32.9 Å². The van der Waals surface area contributed by atoms with Gasteiger partial charge in [0.15, 0.2) is 5.82 Å². The van der Waals surface area contributed by atoms with E-state index in [0.29, 0.717) is 27.9 Å². The van der Waals surface area contributed by atoms with Crippen molar-refractivity contribution in [2.45, 2.75) is 26.2 Å². The number of ether oxygens (including phenoxy) is 2. The van der Waals surface area contributed by atoms with Crippen LogP contribution < -0.4 is 19.8 Å². The van der Waals surface area contributed by atoms with Crippen molar-refractivity contribution in [1.82, 2.24) is 9.97 Å². The van der Waals surface area contributed by atoms with E-state index in [1.54, 1.807) is 37.6 Å². The van der Waals surface area contributed by atoms with Crippen LogP contribution in [0.3, 0.4) is 0 Å². The first-order valence-corrected chi connectivity index (χ1v) is 13.3. The van der Waals surface area contributed by atoms with Crippen LogP contribution in [0.15, 0.2) is 53.5 Å². The number of benzene rings is 2. The Morgan fingerprint density at radius 3 is 2.22 bits per heavy atom. The average Bonchev–Trinajstić information content (AvgIpc) is 2.82. The third-order valence-electron chi connectivity index (χ3n) is 5.91. The van der Waals surface area contributed by atoms with Gasteiger partial charge in [0.2, 0.25) is 15.9 Å². The van der Waals surface area contributed by atoms with Crippen molar-refractivity contribution in [2.24, 2.45) is 0 Å². The zero-order chi connectivity index (χ0) is 27.1. The molecule has 0 atom stereocenters. The zero-order valence-electron chi connectivity index (χ0n) is 21.4. The lowest BCUT2D eigenvalue weighted by Crippen LogP contribution is -2.16. The van der Waals surface area contributed by atoms with Gasteiger partial charge in [0.05, 0.1) is 31.6 Å². The summed E-state index contributed by atoms with van der Waals surface area (Å²) in [5, 5.41) is 0.649. The van der Waals surface area contributed by atoms with Crippen LogP contribution in [0.4, 0.5) is 10.1 Å². The van der Waals surface area contributed by atoms with E-state index in [4.69, 9.17) is 9.47 Å². The van der Waals surface area contributed by atoms with Crippen LogP contribution in [0.5, 0.6) is 11.6 Å². The topological polar surface area (TPSA) is 110 Å². The Morgan fingerprint density at radius 2 is 1.65 bits per heavy atom. The summed E-state index contributed by atoms with van der Waals surface area (Å²) in [6, 6.07) is 11.7. The van der Waals surface area contributed by atoms with Crippen molar-refractivity contribution in [3.05, 3.63) is 70.4 Å². The minimum Gasteiger partial charge on any atom is -0.496 e. The van der Waals surface area contributed by atoms with Crippen molar-refractivity contribution in [3.63, 3.8) is 0 Å². The number of hydrogen-bond acceptors (Lipinski definition) is 6. The number of halogens is 1. The normalized spacial score (nSPS) is 12.0. The van der Waals surface area contributed by atoms with Crippen molar-refractivity contribution >= 4 is 26.6 Å². The highest BCUT2D eigenvalue weighted by Crippen LogP contribution is 2.42. The second-order valence-corrected chi connectivity index (χ2v) is 11.5. The molecule has 194 valence electrons. The predicted octanol–water partition coefficient (Wildman–Crippen LogP) is 5.08. The Kier molecular flexibility index (Phi) is 6.72. The maximum Gasteiger partial charge on any atom is 0.258 e. The molecule has 10 heteroatoms. The first-order chi connectivity index (χ1) is 17.3. The molecule has 0 bridgehead atoms. The highest BCUT2D eigenvalue weighted by molar-refractivity contribution is 7.92. The van der Waals surface area contributed by atoms with Gasteiger partial charge in [-0.05, 0) is 41.3 Å². The molecule has 0 unspecified atom stereocenters. The quantitative estimate of drug-likeness (QED) is 0.363. The molecular formula is C27H28FN3O5S. The summed E-state index contributed by atoms with van der Waals surface area (Å²) in [6.07, 6.45) is 2.74. The van der Waals surface area contributed by atoms with E-state index < -0.39 is 21.4 Å². The summed E-state index contributed by atoms with van der Waals surface area (Å²) in [7, 11) is -0.545. The number of methoxy groups -OCH3 is 2. The number of H-pyrrole nitrogens is 1. The highest BCUT2D eigenvalue weighted by atomic mass is 32.2. The maximum atomic E-state index is 14.6. The SMILES string of the molecule is COc1[nH]c(=O)c(-c2cc(C(C)(C)C)c(OC)c3cc(-c4ccc(NS(C)(=O)=O)cc4)cnc23)cc1F. The minimum absolute atomic E-state index is 0.118. The van der Waals surface area contributed by atoms with Gasteiger partial charge >= 0.3 is 0 Å². The molecule has 0 fully saturated rings. The van der Waals surface area contributed by atoms with Crippen molar-refractivity contribution in [1.29, 1.82) is 0 Å². The number of nitrogens with one attached hydrogen (secondary N) is 2. The molecule has 0 saturated heterocycles. The molecular weight excluding hydrogens is 497 g/mol. The Balaban J connectivity index is 1.98. The number of hydrogen-bond donors (Lipinski definition) is 2. The molecule has 0 aliphatic heterocycles. The molecule has 0 aliphatic carbocycles. The fourth-order valence-electron chi connectivity index (χ4n) is 4.20. The van der Waals surface area contributed by atoms with Crippen LogP contribution in [0.1, 0.15) is 26.3 Å². The van der Waals surface area contributed by atoms with Crippen LogP contribution in [0, 0.1) is 5.82 Å². The number of rotatable bonds is 6. The number of fused-ring (bicyclic) bond motifs is 1. The van der Waals surface area contributed by atoms with Gasteiger partial charge in [-0.2, -0.15) is 0 Å². The number of aromatic nitrogens is 2. The van der Waals surface area contributed by atoms with E-state index >= 15 is 0 Å². The molecule has 2 aromatic carbocycles. The van der Waals surface area contributed by atoms with Crippen LogP contribution in [-0.2, 0) is 15.4 Å². The van der Waals surface area contributed by atoms with Crippen molar-refractivity contribution < 1.29 is 22.3 Å². The fourth-order valence-corrected chi connectivity index (χ4v) is 4.76. The lowest BCUT2D eigenvalue weighted by Gasteiger charge is -2.25. The summed E-state index contributed by atoms with van der Waals surface area (Å²) >= 11 is 0. The number of pyridine rings is 2. The van der Waals surface area contributed by atoms with Crippen LogP contribution in [0.25, 0.3) is 33.2 Å². The molecule has 0 amide bonds. The van der Waals surface area contributed by atoms with E-state index in [1.165, 1.54) is 7.11 Å². The first kappa shape index (κ1) is 26.2. The van der Waals surface area contributed by atoms with Gasteiger partial charge in [-0.3, -0.25) is 19.5 Å². The largest absolute Gasteiger partial charge is 0.496 e. The van der Waals surface area contributed by atoms with E-state index in [2.05, 4.69) is 14.7 Å². The lowest BCUT2D eigenvalue weighted by molar-refractivity contribution is 0.368. The molecule has 4 rings (SSSR count). The molecule has 0 spiro atoms. The van der Waals surface area contributed by atoms with Crippen molar-refractivity contribution in [3.8, 4) is 33.9 Å². The number of nitrogens with zero attached hydrogens (tertiary/aromatic N) is 1. The molecule has 0 saturated carbocycles. The standard InChI is InChI=1S/C27H28FN3O5S/c1-27(2,3)21-12-18(19-13-22(28)26(36-5)30-25(19)32)23-20(24(21)35-4)11-16(14-29-23)15-7-9-17(10-8-15)31-37(6,33)34/h7-14,31H,1-6H3,(H,30,32). The van der Waals surface area contributed by atoms with Crippen LogP contribution in [-0.4, -0.2) is 38.9 Å². The smallest absolute Gasteiger partial charge is 0.258 e. The Labute approximate surface area is 214 Å². The molecule has 0 aliphatic rings. The average molecular weight is 526 g/mol. The Hall–Kier alpha value is -3.92. The molecule has 2 N–H and O–H groups in total. The minimum atomic E-state index is -3.40. The molecule has 2 heterocycles. The predicted molar refractivity (Wildman–Crippen MR) is 143 cm³/mol. The van der Waals surface area contributed by atoms with E-state index in [1.807, 2.05) is 32.9 Å². The summed E-state index contributed by atoms with van der Waals surface area (Å²) in [5.74, 6) is -0.342. The van der Waals surface area contributed by atoms with Crippen molar-refractivity contribution in [2.75, 3.05) is 25.2 Å². The monoisotopic (exact) mass is 525 g/mol. The summed E-state index contributed by atoms with van der Waals surface area (Å²) < 4.78 is 50.9. The second-order valence-electron chi connectivity index (χ2n) is 9.72. The van der Waals surface area contributed by atoms with Gasteiger partial charge in [-0.25, -0.2) is 12.8 Å².